The monoisotopic (exact) mass is 285 g/mol. The molecule has 0 aliphatic rings. The molecular formula is C16H16ClN3. The second-order valence-corrected chi connectivity index (χ2v) is 5.61. The maximum Gasteiger partial charge on any atom is 0.160 e. The molecule has 102 valence electrons. The Labute approximate surface area is 123 Å². The maximum atomic E-state index is 6.29. The number of aryl methyl sites for hydroxylation is 1. The van der Waals surface area contributed by atoms with Crippen LogP contribution in [0.5, 0.6) is 0 Å². The molecular weight excluding hydrogens is 270 g/mol. The highest BCUT2D eigenvalue weighted by molar-refractivity contribution is 6.20. The molecule has 2 heterocycles. The molecule has 1 aromatic carbocycles. The van der Waals surface area contributed by atoms with Crippen molar-refractivity contribution in [3.05, 3.63) is 59.5 Å². The van der Waals surface area contributed by atoms with Crippen LogP contribution >= 0.6 is 11.6 Å². The topological polar surface area (TPSA) is 30.7 Å². The third-order valence-electron chi connectivity index (χ3n) is 3.40. The Morgan fingerprint density at radius 2 is 1.95 bits per heavy atom. The van der Waals surface area contributed by atoms with Crippen molar-refractivity contribution < 1.29 is 0 Å². The highest BCUT2D eigenvalue weighted by atomic mass is 35.5. The van der Waals surface area contributed by atoms with Crippen LogP contribution in [0.1, 0.15) is 29.3 Å². The number of benzene rings is 1. The predicted molar refractivity (Wildman–Crippen MR) is 82.1 cm³/mol. The van der Waals surface area contributed by atoms with Gasteiger partial charge in [-0.3, -0.25) is 0 Å². The molecule has 4 heteroatoms. The molecule has 0 bridgehead atoms. The van der Waals surface area contributed by atoms with Crippen molar-refractivity contribution >= 4 is 22.8 Å². The molecule has 3 nitrogen and oxygen atoms in total. The van der Waals surface area contributed by atoms with E-state index < -0.39 is 0 Å². The molecule has 1 unspecified atom stereocenters. The summed E-state index contributed by atoms with van der Waals surface area (Å²) >= 11 is 6.29. The van der Waals surface area contributed by atoms with Crippen molar-refractivity contribution in [1.82, 2.24) is 14.5 Å². The number of hydrogen-bond acceptors (Lipinski definition) is 2. The molecule has 0 saturated carbocycles. The third kappa shape index (κ3) is 2.29. The van der Waals surface area contributed by atoms with Crippen molar-refractivity contribution in [2.24, 2.45) is 0 Å². The van der Waals surface area contributed by atoms with E-state index >= 15 is 0 Å². The smallest absolute Gasteiger partial charge is 0.160 e. The van der Waals surface area contributed by atoms with Crippen LogP contribution in [-0.4, -0.2) is 14.5 Å². The zero-order valence-corrected chi connectivity index (χ0v) is 12.3. The molecule has 0 N–H and O–H groups in total. The minimum Gasteiger partial charge on any atom is -0.307 e. The summed E-state index contributed by atoms with van der Waals surface area (Å²) in [6.45, 7) is 4.73. The Hall–Kier alpha value is -1.87. The van der Waals surface area contributed by atoms with E-state index in [0.29, 0.717) is 0 Å². The van der Waals surface area contributed by atoms with E-state index in [-0.39, 0.29) is 5.38 Å². The summed E-state index contributed by atoms with van der Waals surface area (Å²) in [5.41, 5.74) is 4.18. The SMILES string of the molecule is Cc1ccnc2c1nc(C(C)Cl)n2Cc1ccccc1. The van der Waals surface area contributed by atoms with Crippen LogP contribution in [0.2, 0.25) is 0 Å². The van der Waals surface area contributed by atoms with Gasteiger partial charge in [-0.15, -0.1) is 11.6 Å². The van der Waals surface area contributed by atoms with Gasteiger partial charge in [-0.1, -0.05) is 30.3 Å². The highest BCUT2D eigenvalue weighted by Crippen LogP contribution is 2.25. The van der Waals surface area contributed by atoms with Crippen molar-refractivity contribution in [3.8, 4) is 0 Å². The van der Waals surface area contributed by atoms with Gasteiger partial charge in [0.15, 0.2) is 5.65 Å². The zero-order valence-electron chi connectivity index (χ0n) is 11.5. The van der Waals surface area contributed by atoms with Crippen LogP contribution in [0.4, 0.5) is 0 Å². The Balaban J connectivity index is 2.17. The first-order chi connectivity index (χ1) is 9.66. The van der Waals surface area contributed by atoms with E-state index in [1.165, 1.54) is 5.56 Å². The molecule has 0 radical (unpaired) electrons. The number of halogens is 1. The molecule has 0 spiro atoms. The van der Waals surface area contributed by atoms with Gasteiger partial charge in [-0.25, -0.2) is 9.97 Å². The number of nitrogens with zero attached hydrogens (tertiary/aromatic N) is 3. The van der Waals surface area contributed by atoms with Crippen molar-refractivity contribution in [2.75, 3.05) is 0 Å². The van der Waals surface area contributed by atoms with Crippen LogP contribution in [0.15, 0.2) is 42.6 Å². The van der Waals surface area contributed by atoms with Gasteiger partial charge in [0.25, 0.3) is 0 Å². The first kappa shape index (κ1) is 13.1. The first-order valence-electron chi connectivity index (χ1n) is 6.66. The first-order valence-corrected chi connectivity index (χ1v) is 7.10. The summed E-state index contributed by atoms with van der Waals surface area (Å²) < 4.78 is 2.11. The molecule has 2 aromatic heterocycles. The fourth-order valence-electron chi connectivity index (χ4n) is 2.38. The fourth-order valence-corrected chi connectivity index (χ4v) is 2.55. The number of pyridine rings is 1. The minimum absolute atomic E-state index is 0.146. The summed E-state index contributed by atoms with van der Waals surface area (Å²) in [5, 5.41) is -0.146. The van der Waals surface area contributed by atoms with Crippen LogP contribution in [-0.2, 0) is 6.54 Å². The summed E-state index contributed by atoms with van der Waals surface area (Å²) in [4.78, 5) is 9.16. The van der Waals surface area contributed by atoms with Crippen molar-refractivity contribution in [3.63, 3.8) is 0 Å². The van der Waals surface area contributed by atoms with Gasteiger partial charge in [0, 0.05) is 6.20 Å². The Morgan fingerprint density at radius 1 is 1.20 bits per heavy atom. The molecule has 3 aromatic rings. The zero-order chi connectivity index (χ0) is 14.1. The molecule has 0 fully saturated rings. The van der Waals surface area contributed by atoms with Crippen LogP contribution in [0.25, 0.3) is 11.2 Å². The summed E-state index contributed by atoms with van der Waals surface area (Å²) in [6, 6.07) is 12.3. The number of alkyl halides is 1. The van der Waals surface area contributed by atoms with Gasteiger partial charge in [0.05, 0.1) is 11.9 Å². The summed E-state index contributed by atoms with van der Waals surface area (Å²) in [6.07, 6.45) is 1.82. The standard InChI is InChI=1S/C16H16ClN3/c1-11-8-9-18-16-14(11)19-15(12(2)17)20(16)10-13-6-4-3-5-7-13/h3-9,12H,10H2,1-2H3. The van der Waals surface area contributed by atoms with Crippen LogP contribution in [0.3, 0.4) is 0 Å². The third-order valence-corrected chi connectivity index (χ3v) is 3.60. The van der Waals surface area contributed by atoms with Gasteiger partial charge < -0.3 is 4.57 Å². The van der Waals surface area contributed by atoms with Crippen molar-refractivity contribution in [2.45, 2.75) is 25.8 Å². The minimum atomic E-state index is -0.146. The molecule has 3 rings (SSSR count). The highest BCUT2D eigenvalue weighted by Gasteiger charge is 2.17. The average molecular weight is 286 g/mol. The number of rotatable bonds is 3. The van der Waals surface area contributed by atoms with Crippen LogP contribution < -0.4 is 0 Å². The van der Waals surface area contributed by atoms with Gasteiger partial charge in [-0.05, 0) is 31.0 Å². The second kappa shape index (κ2) is 5.25. The van der Waals surface area contributed by atoms with Gasteiger partial charge >= 0.3 is 0 Å². The number of fused-ring (bicyclic) bond motifs is 1. The van der Waals surface area contributed by atoms with E-state index in [0.717, 1.165) is 29.1 Å². The normalized spacial score (nSPS) is 12.8. The molecule has 0 saturated heterocycles. The van der Waals surface area contributed by atoms with Crippen LogP contribution in [0, 0.1) is 6.92 Å². The van der Waals surface area contributed by atoms with Crippen molar-refractivity contribution in [1.29, 1.82) is 0 Å². The van der Waals surface area contributed by atoms with E-state index in [2.05, 4.69) is 26.7 Å². The summed E-state index contributed by atoms with van der Waals surface area (Å²) in [5.74, 6) is 0.868. The molecule has 0 aliphatic carbocycles. The molecule has 20 heavy (non-hydrogen) atoms. The van der Waals surface area contributed by atoms with E-state index in [1.807, 2.05) is 44.3 Å². The van der Waals surface area contributed by atoms with E-state index in [9.17, 15) is 0 Å². The Kier molecular flexibility index (Phi) is 3.45. The number of aromatic nitrogens is 3. The average Bonchev–Trinajstić information content (AvgIpc) is 2.81. The fraction of sp³-hybridized carbons (Fsp3) is 0.250. The number of hydrogen-bond donors (Lipinski definition) is 0. The Morgan fingerprint density at radius 3 is 2.65 bits per heavy atom. The molecule has 0 aliphatic heterocycles. The lowest BCUT2D eigenvalue weighted by atomic mass is 10.2. The number of imidazole rings is 1. The van der Waals surface area contributed by atoms with E-state index in [4.69, 9.17) is 11.6 Å². The van der Waals surface area contributed by atoms with Gasteiger partial charge in [0.2, 0.25) is 0 Å². The second-order valence-electron chi connectivity index (χ2n) is 4.96. The lowest BCUT2D eigenvalue weighted by Crippen LogP contribution is -2.06. The maximum absolute atomic E-state index is 6.29. The van der Waals surface area contributed by atoms with Gasteiger partial charge in [0.1, 0.15) is 11.3 Å². The quantitative estimate of drug-likeness (QED) is 0.679. The lowest BCUT2D eigenvalue weighted by molar-refractivity contribution is 0.736. The Bertz CT molecular complexity index is 732. The summed E-state index contributed by atoms with van der Waals surface area (Å²) in [7, 11) is 0. The largest absolute Gasteiger partial charge is 0.307 e. The molecule has 1 atom stereocenters. The van der Waals surface area contributed by atoms with Gasteiger partial charge in [-0.2, -0.15) is 0 Å². The van der Waals surface area contributed by atoms with E-state index in [1.54, 1.807) is 0 Å². The lowest BCUT2D eigenvalue weighted by Gasteiger charge is -2.10. The molecule has 0 amide bonds. The predicted octanol–water partition coefficient (Wildman–Crippen LogP) is 4.09.